The van der Waals surface area contributed by atoms with Gasteiger partial charge in [0.05, 0.1) is 28.9 Å². The third kappa shape index (κ3) is 5.67. The van der Waals surface area contributed by atoms with E-state index in [0.717, 1.165) is 25.5 Å². The number of amides is 1. The summed E-state index contributed by atoms with van der Waals surface area (Å²) >= 11 is 0. The summed E-state index contributed by atoms with van der Waals surface area (Å²) in [5.41, 5.74) is -2.34. The molecule has 0 atom stereocenters. The average Bonchev–Trinajstić information content (AvgIpc) is 3.35. The maximum atomic E-state index is 15.0. The third-order valence-corrected chi connectivity index (χ3v) is 6.74. The van der Waals surface area contributed by atoms with E-state index in [4.69, 9.17) is 0 Å². The van der Waals surface area contributed by atoms with Crippen molar-refractivity contribution in [2.24, 2.45) is 0 Å². The van der Waals surface area contributed by atoms with Crippen LogP contribution in [0.5, 0.6) is 0 Å². The lowest BCUT2D eigenvalue weighted by Gasteiger charge is -2.13. The maximum Gasteiger partial charge on any atom is 0.435 e. The van der Waals surface area contributed by atoms with Crippen LogP contribution in [0.4, 0.5) is 23.2 Å². The van der Waals surface area contributed by atoms with Crippen LogP contribution in [0, 0.1) is 5.82 Å². The van der Waals surface area contributed by atoms with Crippen LogP contribution in [0.25, 0.3) is 16.8 Å². The second-order valence-corrected chi connectivity index (χ2v) is 10.2. The first-order valence-corrected chi connectivity index (χ1v) is 13.0. The molecule has 0 saturated heterocycles. The molecule has 0 spiro atoms. The van der Waals surface area contributed by atoms with Gasteiger partial charge in [-0.3, -0.25) is 4.79 Å². The average molecular weight is 562 g/mol. The molecule has 0 aliphatic carbocycles. The number of hydrogen-bond acceptors (Lipinski definition) is 6. The van der Waals surface area contributed by atoms with Crippen LogP contribution in [0.3, 0.4) is 0 Å². The largest absolute Gasteiger partial charge is 0.465 e. The molecule has 0 unspecified atom stereocenters. The molecule has 0 aliphatic rings. The second-order valence-electron chi connectivity index (χ2n) is 8.25. The smallest absolute Gasteiger partial charge is 0.435 e. The Labute approximate surface area is 219 Å². The molecule has 8 nitrogen and oxygen atoms in total. The highest BCUT2D eigenvalue weighted by Crippen LogP contribution is 2.32. The van der Waals surface area contributed by atoms with Gasteiger partial charge in [0.1, 0.15) is 11.5 Å². The highest BCUT2D eigenvalue weighted by molar-refractivity contribution is 7.90. The number of nitrogens with one attached hydrogen (secondary N) is 1. The molecule has 3 aromatic carbocycles. The van der Waals surface area contributed by atoms with Crippen molar-refractivity contribution in [3.8, 4) is 16.8 Å². The number of carbonyl (C=O) groups is 2. The van der Waals surface area contributed by atoms with Gasteiger partial charge in [-0.25, -0.2) is 22.3 Å². The Hall–Kier alpha value is -4.52. The molecule has 0 saturated carbocycles. The summed E-state index contributed by atoms with van der Waals surface area (Å²) in [6.07, 6.45) is -3.92. The first-order valence-electron chi connectivity index (χ1n) is 11.1. The van der Waals surface area contributed by atoms with Crippen LogP contribution >= 0.6 is 0 Å². The van der Waals surface area contributed by atoms with Gasteiger partial charge in [0.25, 0.3) is 5.91 Å². The molecule has 1 aromatic heterocycles. The first kappa shape index (κ1) is 27.5. The fourth-order valence-electron chi connectivity index (χ4n) is 3.80. The number of para-hydroxylation sites is 1. The molecule has 0 bridgehead atoms. The number of hydrogen-bond donors (Lipinski definition) is 1. The Balaban J connectivity index is 1.75. The summed E-state index contributed by atoms with van der Waals surface area (Å²) in [5.74, 6) is -3.00. The normalized spacial score (nSPS) is 11.7. The Morgan fingerprint density at radius 3 is 2.28 bits per heavy atom. The van der Waals surface area contributed by atoms with Crippen LogP contribution in [-0.2, 0) is 20.8 Å². The van der Waals surface area contributed by atoms with Crippen molar-refractivity contribution in [1.29, 1.82) is 0 Å². The van der Waals surface area contributed by atoms with E-state index in [1.807, 2.05) is 0 Å². The Bertz CT molecular complexity index is 1700. The number of sulfone groups is 1. The standard InChI is InChI=1S/C26H19F4N3O5S/c1-38-25(35)17-8-3-5-9-20(17)33-21(14-23(32-33)26(28,29)30)24(34)31-19-12-11-15(13-18(19)27)16-7-4-6-10-22(16)39(2,36)37/h3-14H,1-2H3,(H,31,34). The van der Waals surface area contributed by atoms with Crippen molar-refractivity contribution in [2.75, 3.05) is 18.7 Å². The molecular formula is C26H19F4N3O5S. The first-order chi connectivity index (χ1) is 18.3. The van der Waals surface area contributed by atoms with Gasteiger partial charge in [-0.2, -0.15) is 18.3 Å². The van der Waals surface area contributed by atoms with E-state index >= 15 is 4.39 Å². The van der Waals surface area contributed by atoms with Crippen molar-refractivity contribution < 1.29 is 40.3 Å². The number of alkyl halides is 3. The van der Waals surface area contributed by atoms with E-state index in [0.29, 0.717) is 10.7 Å². The molecule has 39 heavy (non-hydrogen) atoms. The molecule has 1 N–H and O–H groups in total. The zero-order chi connectivity index (χ0) is 28.5. The number of benzene rings is 3. The summed E-state index contributed by atoms with van der Waals surface area (Å²) in [6.45, 7) is 0. The number of rotatable bonds is 6. The summed E-state index contributed by atoms with van der Waals surface area (Å²) in [4.78, 5) is 25.2. The van der Waals surface area contributed by atoms with Gasteiger partial charge in [0, 0.05) is 17.9 Å². The monoisotopic (exact) mass is 561 g/mol. The van der Waals surface area contributed by atoms with Crippen LogP contribution in [0.2, 0.25) is 0 Å². The van der Waals surface area contributed by atoms with Crippen LogP contribution in [-0.4, -0.2) is 43.4 Å². The lowest BCUT2D eigenvalue weighted by Crippen LogP contribution is -2.19. The molecule has 4 aromatic rings. The Morgan fingerprint density at radius 1 is 0.974 bits per heavy atom. The lowest BCUT2D eigenvalue weighted by atomic mass is 10.0. The quantitative estimate of drug-likeness (QED) is 0.258. The second kappa shape index (κ2) is 10.3. The van der Waals surface area contributed by atoms with E-state index in [1.165, 1.54) is 48.5 Å². The van der Waals surface area contributed by atoms with Gasteiger partial charge in [0.2, 0.25) is 0 Å². The summed E-state index contributed by atoms with van der Waals surface area (Å²) in [7, 11) is -2.56. The van der Waals surface area contributed by atoms with Crippen LogP contribution in [0.1, 0.15) is 26.5 Å². The van der Waals surface area contributed by atoms with Gasteiger partial charge < -0.3 is 10.1 Å². The van der Waals surface area contributed by atoms with E-state index < -0.39 is 45.1 Å². The third-order valence-electron chi connectivity index (χ3n) is 5.58. The number of carbonyl (C=O) groups excluding carboxylic acids is 2. The molecule has 202 valence electrons. The van der Waals surface area contributed by atoms with Gasteiger partial charge in [-0.15, -0.1) is 0 Å². The van der Waals surface area contributed by atoms with E-state index in [1.54, 1.807) is 6.07 Å². The Kier molecular flexibility index (Phi) is 7.29. The molecule has 0 aliphatic heterocycles. The predicted molar refractivity (Wildman–Crippen MR) is 133 cm³/mol. The number of aromatic nitrogens is 2. The van der Waals surface area contributed by atoms with E-state index in [9.17, 15) is 31.2 Å². The molecule has 1 amide bonds. The summed E-state index contributed by atoms with van der Waals surface area (Å²) in [5, 5.41) is 5.68. The highest BCUT2D eigenvalue weighted by atomic mass is 32.2. The molecule has 1 heterocycles. The lowest BCUT2D eigenvalue weighted by molar-refractivity contribution is -0.141. The maximum absolute atomic E-state index is 15.0. The zero-order valence-electron chi connectivity index (χ0n) is 20.3. The van der Waals surface area contributed by atoms with Crippen LogP contribution < -0.4 is 5.32 Å². The van der Waals surface area contributed by atoms with Gasteiger partial charge in [-0.05, 0) is 35.9 Å². The minimum atomic E-state index is -4.93. The number of nitrogens with zero attached hydrogens (tertiary/aromatic N) is 2. The fraction of sp³-hybridized carbons (Fsp3) is 0.115. The van der Waals surface area contributed by atoms with Crippen molar-refractivity contribution in [2.45, 2.75) is 11.1 Å². The zero-order valence-corrected chi connectivity index (χ0v) is 21.1. The number of anilines is 1. The fourth-order valence-corrected chi connectivity index (χ4v) is 4.72. The van der Waals surface area contributed by atoms with E-state index in [-0.39, 0.29) is 33.0 Å². The molecule has 0 fully saturated rings. The summed E-state index contributed by atoms with van der Waals surface area (Å²) < 4.78 is 85.1. The van der Waals surface area contributed by atoms with Crippen LogP contribution in [0.15, 0.2) is 77.7 Å². The summed E-state index contributed by atoms with van der Waals surface area (Å²) in [6, 6.07) is 15.3. The molecule has 0 radical (unpaired) electrons. The predicted octanol–water partition coefficient (Wildman–Crippen LogP) is 5.14. The Morgan fingerprint density at radius 2 is 1.64 bits per heavy atom. The number of esters is 1. The van der Waals surface area contributed by atoms with Gasteiger partial charge in [-0.1, -0.05) is 36.4 Å². The molecular weight excluding hydrogens is 542 g/mol. The van der Waals surface area contributed by atoms with Gasteiger partial charge >= 0.3 is 12.1 Å². The number of methoxy groups -OCH3 is 1. The highest BCUT2D eigenvalue weighted by Gasteiger charge is 2.36. The van der Waals surface area contributed by atoms with Gasteiger partial charge in [0.15, 0.2) is 15.5 Å². The van der Waals surface area contributed by atoms with Crippen molar-refractivity contribution >= 4 is 27.4 Å². The minimum Gasteiger partial charge on any atom is -0.465 e. The van der Waals surface area contributed by atoms with Crippen molar-refractivity contribution in [1.82, 2.24) is 9.78 Å². The van der Waals surface area contributed by atoms with E-state index in [2.05, 4.69) is 15.2 Å². The van der Waals surface area contributed by atoms with Crippen molar-refractivity contribution in [3.63, 3.8) is 0 Å². The topological polar surface area (TPSA) is 107 Å². The number of halogens is 4. The molecule has 13 heteroatoms. The SMILES string of the molecule is COC(=O)c1ccccc1-n1nc(C(F)(F)F)cc1C(=O)Nc1ccc(-c2ccccc2S(C)(=O)=O)cc1F. The number of ether oxygens (including phenoxy) is 1. The van der Waals surface area contributed by atoms with Crippen molar-refractivity contribution in [3.05, 3.63) is 95.6 Å². The molecule has 4 rings (SSSR count). The minimum absolute atomic E-state index is 0.0333.